The monoisotopic (exact) mass is 195 g/mol. The summed E-state index contributed by atoms with van der Waals surface area (Å²) in [5.74, 6) is 0. The molecule has 0 aliphatic rings. The Balaban J connectivity index is 2.26. The van der Waals surface area contributed by atoms with Crippen LogP contribution in [-0.2, 0) is 0 Å². The van der Waals surface area contributed by atoms with Crippen molar-refractivity contribution in [3.63, 3.8) is 0 Å². The van der Waals surface area contributed by atoms with Crippen LogP contribution in [0.3, 0.4) is 0 Å². The molecule has 1 heterocycles. The molecule has 0 saturated carbocycles. The van der Waals surface area contributed by atoms with E-state index in [-0.39, 0.29) is 5.54 Å². The maximum atomic E-state index is 4.04. The van der Waals surface area contributed by atoms with Gasteiger partial charge in [0.15, 0.2) is 0 Å². The molecule has 14 heavy (non-hydrogen) atoms. The second-order valence-electron chi connectivity index (χ2n) is 4.82. The lowest BCUT2D eigenvalue weighted by atomic mass is 10.1. The van der Waals surface area contributed by atoms with E-state index in [0.29, 0.717) is 6.04 Å². The molecule has 0 saturated heterocycles. The van der Waals surface area contributed by atoms with Crippen LogP contribution in [0.25, 0.3) is 0 Å². The van der Waals surface area contributed by atoms with Crippen LogP contribution >= 0.6 is 0 Å². The maximum absolute atomic E-state index is 4.04. The van der Waals surface area contributed by atoms with Gasteiger partial charge in [0.05, 0.1) is 6.33 Å². The Bertz CT molecular complexity index is 246. The maximum Gasteiger partial charge on any atom is 0.0948 e. The number of imidazole rings is 1. The second kappa shape index (κ2) is 4.60. The zero-order valence-electron chi connectivity index (χ0n) is 9.62. The lowest BCUT2D eigenvalue weighted by Crippen LogP contribution is -2.37. The highest BCUT2D eigenvalue weighted by Crippen LogP contribution is 2.09. The summed E-state index contributed by atoms with van der Waals surface area (Å²) in [4.78, 5) is 4.04. The van der Waals surface area contributed by atoms with Gasteiger partial charge in [0.2, 0.25) is 0 Å². The Morgan fingerprint density at radius 2 is 2.14 bits per heavy atom. The zero-order chi connectivity index (χ0) is 10.6. The predicted molar refractivity (Wildman–Crippen MR) is 59.3 cm³/mol. The summed E-state index contributed by atoms with van der Waals surface area (Å²) in [7, 11) is 0. The van der Waals surface area contributed by atoms with Crippen LogP contribution in [-0.4, -0.2) is 21.6 Å². The Labute approximate surface area is 86.5 Å². The molecule has 0 bridgehead atoms. The quantitative estimate of drug-likeness (QED) is 0.798. The molecule has 3 nitrogen and oxygen atoms in total. The zero-order valence-corrected chi connectivity index (χ0v) is 9.62. The lowest BCUT2D eigenvalue weighted by molar-refractivity contribution is 0.391. The third-order valence-electron chi connectivity index (χ3n) is 2.25. The molecule has 1 atom stereocenters. The van der Waals surface area contributed by atoms with E-state index in [1.807, 2.05) is 18.7 Å². The molecular weight excluding hydrogens is 174 g/mol. The molecule has 1 aromatic rings. The van der Waals surface area contributed by atoms with E-state index in [1.54, 1.807) is 0 Å². The van der Waals surface area contributed by atoms with Crippen LogP contribution in [0, 0.1) is 0 Å². The van der Waals surface area contributed by atoms with Crippen LogP contribution in [0.1, 0.15) is 40.2 Å². The van der Waals surface area contributed by atoms with Crippen molar-refractivity contribution in [2.45, 2.75) is 45.7 Å². The first-order chi connectivity index (χ1) is 6.49. The molecule has 0 spiro atoms. The Morgan fingerprint density at radius 3 is 2.64 bits per heavy atom. The van der Waals surface area contributed by atoms with E-state index in [4.69, 9.17) is 0 Å². The molecule has 0 fully saturated rings. The first-order valence-electron chi connectivity index (χ1n) is 5.21. The van der Waals surface area contributed by atoms with Gasteiger partial charge < -0.3 is 9.88 Å². The van der Waals surface area contributed by atoms with E-state index in [9.17, 15) is 0 Å². The molecule has 0 aromatic carbocycles. The first kappa shape index (κ1) is 11.2. The molecule has 80 valence electrons. The minimum atomic E-state index is 0.217. The van der Waals surface area contributed by atoms with Gasteiger partial charge in [0.25, 0.3) is 0 Å². The third-order valence-corrected chi connectivity index (χ3v) is 2.25. The summed E-state index contributed by atoms with van der Waals surface area (Å²) >= 11 is 0. The number of nitrogens with zero attached hydrogens (tertiary/aromatic N) is 2. The number of hydrogen-bond acceptors (Lipinski definition) is 2. The highest BCUT2D eigenvalue weighted by molar-refractivity contribution is 4.79. The summed E-state index contributed by atoms with van der Waals surface area (Å²) in [6, 6.07) is 0.521. The number of hydrogen-bond donors (Lipinski definition) is 1. The van der Waals surface area contributed by atoms with Crippen molar-refractivity contribution in [2.75, 3.05) is 6.54 Å². The number of nitrogens with one attached hydrogen (secondary N) is 1. The molecule has 0 aliphatic carbocycles. The fourth-order valence-electron chi connectivity index (χ4n) is 1.34. The largest absolute Gasteiger partial charge is 0.335 e. The molecule has 0 amide bonds. The minimum absolute atomic E-state index is 0.217. The highest BCUT2D eigenvalue weighted by atomic mass is 15.1. The van der Waals surface area contributed by atoms with Crippen molar-refractivity contribution < 1.29 is 0 Å². The average molecular weight is 195 g/mol. The van der Waals surface area contributed by atoms with Gasteiger partial charge in [0.1, 0.15) is 0 Å². The standard InChI is InChI=1S/C11H21N3/c1-10(14-8-7-12-9-14)5-6-13-11(2,3)4/h7-10,13H,5-6H2,1-4H3. The van der Waals surface area contributed by atoms with E-state index in [0.717, 1.165) is 13.0 Å². The molecule has 3 heteroatoms. The van der Waals surface area contributed by atoms with Gasteiger partial charge in [-0.3, -0.25) is 0 Å². The molecule has 1 rings (SSSR count). The van der Waals surface area contributed by atoms with Crippen molar-refractivity contribution >= 4 is 0 Å². The van der Waals surface area contributed by atoms with Crippen molar-refractivity contribution in [3.8, 4) is 0 Å². The van der Waals surface area contributed by atoms with Crippen LogP contribution < -0.4 is 5.32 Å². The van der Waals surface area contributed by atoms with Gasteiger partial charge in [-0.15, -0.1) is 0 Å². The van der Waals surface area contributed by atoms with Crippen molar-refractivity contribution in [1.29, 1.82) is 0 Å². The van der Waals surface area contributed by atoms with Crippen LogP contribution in [0.4, 0.5) is 0 Å². The molecule has 0 aliphatic heterocycles. The van der Waals surface area contributed by atoms with Crippen molar-refractivity contribution in [3.05, 3.63) is 18.7 Å². The Hall–Kier alpha value is -0.830. The Kier molecular flexibility index (Phi) is 3.69. The van der Waals surface area contributed by atoms with Crippen LogP contribution in [0.2, 0.25) is 0 Å². The van der Waals surface area contributed by atoms with Gasteiger partial charge in [0, 0.05) is 24.0 Å². The summed E-state index contributed by atoms with van der Waals surface area (Å²) < 4.78 is 2.14. The second-order valence-corrected chi connectivity index (χ2v) is 4.82. The Morgan fingerprint density at radius 1 is 1.43 bits per heavy atom. The van der Waals surface area contributed by atoms with Gasteiger partial charge >= 0.3 is 0 Å². The molecule has 1 aromatic heterocycles. The molecule has 1 unspecified atom stereocenters. The topological polar surface area (TPSA) is 29.9 Å². The third kappa shape index (κ3) is 3.92. The SMILES string of the molecule is CC(CCNC(C)(C)C)n1ccnc1. The van der Waals surface area contributed by atoms with Gasteiger partial charge in [-0.1, -0.05) is 0 Å². The van der Waals surface area contributed by atoms with Gasteiger partial charge in [-0.05, 0) is 40.7 Å². The molecule has 1 N–H and O–H groups in total. The van der Waals surface area contributed by atoms with Crippen molar-refractivity contribution in [2.24, 2.45) is 0 Å². The fraction of sp³-hybridized carbons (Fsp3) is 0.727. The van der Waals surface area contributed by atoms with E-state index in [2.05, 4.69) is 42.6 Å². The number of aromatic nitrogens is 2. The fourth-order valence-corrected chi connectivity index (χ4v) is 1.34. The predicted octanol–water partition coefficient (Wildman–Crippen LogP) is 2.22. The summed E-state index contributed by atoms with van der Waals surface area (Å²) in [5, 5.41) is 3.48. The highest BCUT2D eigenvalue weighted by Gasteiger charge is 2.09. The lowest BCUT2D eigenvalue weighted by Gasteiger charge is -2.22. The smallest absolute Gasteiger partial charge is 0.0948 e. The van der Waals surface area contributed by atoms with E-state index in [1.165, 1.54) is 0 Å². The van der Waals surface area contributed by atoms with Gasteiger partial charge in [-0.25, -0.2) is 4.98 Å². The first-order valence-corrected chi connectivity index (χ1v) is 5.21. The van der Waals surface area contributed by atoms with E-state index >= 15 is 0 Å². The van der Waals surface area contributed by atoms with E-state index < -0.39 is 0 Å². The van der Waals surface area contributed by atoms with Crippen molar-refractivity contribution in [1.82, 2.24) is 14.9 Å². The molecule has 0 radical (unpaired) electrons. The normalized spacial score (nSPS) is 14.3. The summed E-state index contributed by atoms with van der Waals surface area (Å²) in [6.07, 6.45) is 6.85. The molecular formula is C11H21N3. The van der Waals surface area contributed by atoms with Gasteiger partial charge in [-0.2, -0.15) is 0 Å². The summed E-state index contributed by atoms with van der Waals surface area (Å²) in [5.41, 5.74) is 0.217. The van der Waals surface area contributed by atoms with Crippen LogP contribution in [0.15, 0.2) is 18.7 Å². The summed E-state index contributed by atoms with van der Waals surface area (Å²) in [6.45, 7) is 9.83. The average Bonchev–Trinajstić information content (AvgIpc) is 2.53. The van der Waals surface area contributed by atoms with Crippen LogP contribution in [0.5, 0.6) is 0 Å². The number of rotatable bonds is 4. The minimum Gasteiger partial charge on any atom is -0.335 e.